The molecular weight excluding hydrogens is 344 g/mol. The van der Waals surface area contributed by atoms with E-state index in [1.165, 1.54) is 0 Å². The average Bonchev–Trinajstić information content (AvgIpc) is 2.91. The minimum Gasteiger partial charge on any atom is -0.491 e. The molecule has 0 radical (unpaired) electrons. The summed E-state index contributed by atoms with van der Waals surface area (Å²) in [5, 5.41) is 13.0. The van der Waals surface area contributed by atoms with E-state index in [-0.39, 0.29) is 19.1 Å². The van der Waals surface area contributed by atoms with E-state index in [0.717, 1.165) is 16.9 Å². The number of aliphatic hydroxyl groups is 1. The second-order valence-corrected chi connectivity index (χ2v) is 6.80. The van der Waals surface area contributed by atoms with E-state index >= 15 is 0 Å². The van der Waals surface area contributed by atoms with Crippen LogP contribution in [0.15, 0.2) is 54.6 Å². The third-order valence-corrected chi connectivity index (χ3v) is 4.77. The summed E-state index contributed by atoms with van der Waals surface area (Å²) in [7, 11) is 0. The molecule has 0 spiro atoms. The Morgan fingerprint density at radius 1 is 1.15 bits per heavy atom. The number of imide groups is 1. The van der Waals surface area contributed by atoms with Gasteiger partial charge in [-0.2, -0.15) is 0 Å². The Morgan fingerprint density at radius 2 is 1.89 bits per heavy atom. The van der Waals surface area contributed by atoms with Crippen molar-refractivity contribution in [2.75, 3.05) is 13.2 Å². The number of β-amino-alcohol motifs (C(OH)–C–C–N with tert-alkyl or cyclic N) is 1. The molecule has 1 fully saturated rings. The molecule has 0 aromatic heterocycles. The number of rotatable bonds is 7. The fraction of sp³-hybridized carbons (Fsp3) is 0.333. The van der Waals surface area contributed by atoms with Gasteiger partial charge in [0, 0.05) is 0 Å². The Balaban J connectivity index is 1.63. The minimum atomic E-state index is -1.13. The van der Waals surface area contributed by atoms with Crippen LogP contribution in [0.4, 0.5) is 4.79 Å². The van der Waals surface area contributed by atoms with Gasteiger partial charge in [0.1, 0.15) is 24.0 Å². The van der Waals surface area contributed by atoms with Gasteiger partial charge >= 0.3 is 6.03 Å². The lowest BCUT2D eigenvalue weighted by atomic mass is 9.92. The van der Waals surface area contributed by atoms with Gasteiger partial charge in [0.15, 0.2) is 0 Å². The smallest absolute Gasteiger partial charge is 0.325 e. The number of carbonyl (C=O) groups is 2. The topological polar surface area (TPSA) is 78.9 Å². The van der Waals surface area contributed by atoms with E-state index in [2.05, 4.69) is 12.2 Å². The summed E-state index contributed by atoms with van der Waals surface area (Å²) in [4.78, 5) is 26.2. The van der Waals surface area contributed by atoms with Crippen molar-refractivity contribution in [1.82, 2.24) is 10.2 Å². The fourth-order valence-corrected chi connectivity index (χ4v) is 3.14. The van der Waals surface area contributed by atoms with Gasteiger partial charge < -0.3 is 15.2 Å². The summed E-state index contributed by atoms with van der Waals surface area (Å²) in [6, 6.07) is 16.2. The number of aliphatic hydroxyl groups excluding tert-OH is 1. The lowest BCUT2D eigenvalue weighted by Crippen LogP contribution is -2.42. The van der Waals surface area contributed by atoms with Crippen molar-refractivity contribution >= 4 is 11.9 Å². The zero-order valence-corrected chi connectivity index (χ0v) is 15.5. The fourth-order valence-electron chi connectivity index (χ4n) is 3.14. The van der Waals surface area contributed by atoms with Crippen molar-refractivity contribution in [2.24, 2.45) is 0 Å². The van der Waals surface area contributed by atoms with Gasteiger partial charge in [-0.3, -0.25) is 9.69 Å². The van der Waals surface area contributed by atoms with E-state index in [9.17, 15) is 14.7 Å². The molecule has 2 unspecified atom stereocenters. The number of ether oxygens (including phenoxy) is 1. The Bertz CT molecular complexity index is 824. The number of nitrogens with one attached hydrogen (secondary N) is 1. The molecule has 2 aromatic carbocycles. The zero-order chi connectivity index (χ0) is 19.4. The highest BCUT2D eigenvalue weighted by Crippen LogP contribution is 2.28. The summed E-state index contributed by atoms with van der Waals surface area (Å²) in [5.41, 5.74) is 0.705. The Hall–Kier alpha value is -2.86. The molecule has 1 saturated heterocycles. The van der Waals surface area contributed by atoms with Crippen LogP contribution in [0, 0.1) is 0 Å². The van der Waals surface area contributed by atoms with Crippen molar-refractivity contribution < 1.29 is 19.4 Å². The normalized spacial score (nSPS) is 20.5. The molecule has 1 aliphatic heterocycles. The van der Waals surface area contributed by atoms with Crippen LogP contribution in [0.1, 0.15) is 25.0 Å². The lowest BCUT2D eigenvalue weighted by molar-refractivity contribution is -0.132. The molecule has 0 bridgehead atoms. The molecule has 0 saturated carbocycles. The van der Waals surface area contributed by atoms with E-state index in [4.69, 9.17) is 4.74 Å². The molecule has 6 heteroatoms. The molecule has 2 aromatic rings. The largest absolute Gasteiger partial charge is 0.491 e. The van der Waals surface area contributed by atoms with Crippen LogP contribution in [0.5, 0.6) is 5.75 Å². The van der Waals surface area contributed by atoms with Crippen LogP contribution in [0.2, 0.25) is 0 Å². The summed E-state index contributed by atoms with van der Waals surface area (Å²) in [6.07, 6.45) is -0.0941. The first-order valence-corrected chi connectivity index (χ1v) is 9.03. The molecule has 6 nitrogen and oxygen atoms in total. The number of hydrogen-bond acceptors (Lipinski definition) is 4. The van der Waals surface area contributed by atoms with Gasteiger partial charge in [0.05, 0.1) is 6.54 Å². The highest BCUT2D eigenvalue weighted by molar-refractivity contribution is 6.07. The SMILES string of the molecule is CCc1cccc(OCC(O)CN2C(=O)NC(C)(c3ccccc3)C2=O)c1. The van der Waals surface area contributed by atoms with Crippen molar-refractivity contribution in [2.45, 2.75) is 31.9 Å². The standard InChI is InChI=1S/C21H24N2O4/c1-3-15-8-7-11-18(12-15)27-14-17(24)13-23-19(25)21(2,22-20(23)26)16-9-5-4-6-10-16/h4-12,17,24H,3,13-14H2,1-2H3,(H,22,26). The average molecular weight is 368 g/mol. The van der Waals surface area contributed by atoms with E-state index in [0.29, 0.717) is 11.3 Å². The van der Waals surface area contributed by atoms with Crippen LogP contribution in [0.3, 0.4) is 0 Å². The molecule has 1 heterocycles. The van der Waals surface area contributed by atoms with Crippen molar-refractivity contribution in [3.8, 4) is 5.75 Å². The second-order valence-electron chi connectivity index (χ2n) is 6.80. The number of amides is 3. The second kappa shape index (κ2) is 7.80. The highest BCUT2D eigenvalue weighted by atomic mass is 16.5. The minimum absolute atomic E-state index is 0.00766. The summed E-state index contributed by atoms with van der Waals surface area (Å²) in [6.45, 7) is 3.59. The summed E-state index contributed by atoms with van der Waals surface area (Å²) < 4.78 is 5.61. The van der Waals surface area contributed by atoms with E-state index < -0.39 is 17.7 Å². The van der Waals surface area contributed by atoms with Crippen molar-refractivity contribution in [3.05, 3.63) is 65.7 Å². The van der Waals surface area contributed by atoms with Gasteiger partial charge in [-0.15, -0.1) is 0 Å². The zero-order valence-electron chi connectivity index (χ0n) is 15.5. The number of carbonyl (C=O) groups excluding carboxylic acids is 2. The first-order chi connectivity index (χ1) is 12.9. The summed E-state index contributed by atoms with van der Waals surface area (Å²) in [5.74, 6) is 0.269. The van der Waals surface area contributed by atoms with Gasteiger partial charge in [-0.05, 0) is 36.6 Å². The third-order valence-electron chi connectivity index (χ3n) is 4.77. The van der Waals surface area contributed by atoms with Gasteiger partial charge in [-0.25, -0.2) is 4.79 Å². The van der Waals surface area contributed by atoms with Crippen molar-refractivity contribution in [1.29, 1.82) is 0 Å². The van der Waals surface area contributed by atoms with Crippen molar-refractivity contribution in [3.63, 3.8) is 0 Å². The molecule has 142 valence electrons. The van der Waals surface area contributed by atoms with Crippen LogP contribution >= 0.6 is 0 Å². The molecule has 3 amide bonds. The van der Waals surface area contributed by atoms with Crippen LogP contribution in [-0.4, -0.2) is 41.2 Å². The van der Waals surface area contributed by atoms with Gasteiger partial charge in [0.25, 0.3) is 5.91 Å². The molecule has 3 rings (SSSR count). The van der Waals surface area contributed by atoms with E-state index in [1.807, 2.05) is 42.5 Å². The Morgan fingerprint density at radius 3 is 2.59 bits per heavy atom. The maximum absolute atomic E-state index is 12.8. The first kappa shape index (κ1) is 18.9. The van der Waals surface area contributed by atoms with Gasteiger partial charge in [0.2, 0.25) is 0 Å². The molecule has 27 heavy (non-hydrogen) atoms. The van der Waals surface area contributed by atoms with Gasteiger partial charge in [-0.1, -0.05) is 49.4 Å². The molecule has 2 atom stereocenters. The number of benzene rings is 2. The number of aryl methyl sites for hydroxylation is 1. The lowest BCUT2D eigenvalue weighted by Gasteiger charge is -2.23. The van der Waals surface area contributed by atoms with Crippen LogP contribution in [0.25, 0.3) is 0 Å². The number of hydrogen-bond donors (Lipinski definition) is 2. The third kappa shape index (κ3) is 3.95. The maximum atomic E-state index is 12.8. The Labute approximate surface area is 158 Å². The Kier molecular flexibility index (Phi) is 5.46. The molecule has 1 aliphatic rings. The van der Waals surface area contributed by atoms with E-state index in [1.54, 1.807) is 19.1 Å². The monoisotopic (exact) mass is 368 g/mol. The maximum Gasteiger partial charge on any atom is 0.325 e. The molecule has 2 N–H and O–H groups in total. The molecule has 0 aliphatic carbocycles. The predicted molar refractivity (Wildman–Crippen MR) is 101 cm³/mol. The number of urea groups is 1. The first-order valence-electron chi connectivity index (χ1n) is 9.03. The quantitative estimate of drug-likeness (QED) is 0.736. The molecular formula is C21H24N2O4. The summed E-state index contributed by atoms with van der Waals surface area (Å²) >= 11 is 0. The number of nitrogens with zero attached hydrogens (tertiary/aromatic N) is 1. The van der Waals surface area contributed by atoms with Crippen LogP contribution < -0.4 is 10.1 Å². The van der Waals surface area contributed by atoms with Crippen LogP contribution in [-0.2, 0) is 16.8 Å². The predicted octanol–water partition coefficient (Wildman–Crippen LogP) is 2.46. The highest BCUT2D eigenvalue weighted by Gasteiger charge is 2.49.